The van der Waals surface area contributed by atoms with E-state index in [1.54, 1.807) is 61.1 Å². The van der Waals surface area contributed by atoms with Crippen LogP contribution in [-0.4, -0.2) is 152 Å². The summed E-state index contributed by atoms with van der Waals surface area (Å²) in [6.07, 6.45) is 1.75. The van der Waals surface area contributed by atoms with Gasteiger partial charge >= 0.3 is 23.9 Å². The van der Waals surface area contributed by atoms with E-state index in [1.807, 2.05) is 104 Å². The molecule has 0 atom stereocenters. The average Bonchev–Trinajstić information content (AvgIpc) is 1.66. The molecule has 0 saturated carbocycles. The topological polar surface area (TPSA) is 319 Å². The van der Waals surface area contributed by atoms with Crippen LogP contribution in [0.15, 0.2) is 200 Å². The fourth-order valence-corrected chi connectivity index (χ4v) is 19.3. The first-order chi connectivity index (χ1) is 63.4. The third kappa shape index (κ3) is 29.1. The van der Waals surface area contributed by atoms with Crippen molar-refractivity contribution in [2.45, 2.75) is 158 Å². The number of hydrogen-bond acceptors (Lipinski definition) is 25. The second-order valence-electron chi connectivity index (χ2n) is 36.0. The van der Waals surface area contributed by atoms with Gasteiger partial charge in [0.25, 0.3) is 5.69 Å². The molecule has 0 spiro atoms. The van der Waals surface area contributed by atoms with Gasteiger partial charge in [0.2, 0.25) is 0 Å². The van der Waals surface area contributed by atoms with E-state index in [1.165, 1.54) is 100 Å². The Kier molecular flexibility index (Phi) is 37.3. The van der Waals surface area contributed by atoms with E-state index in [0.29, 0.717) is 109 Å². The molecule has 12 aromatic rings. The zero-order chi connectivity index (χ0) is 99.6. The van der Waals surface area contributed by atoms with Crippen molar-refractivity contribution in [3.05, 3.63) is 288 Å². The van der Waals surface area contributed by atoms with E-state index in [-0.39, 0.29) is 79.5 Å². The Morgan fingerprint density at radius 1 is 0.422 bits per heavy atom. The Bertz CT molecular complexity index is 6550. The van der Waals surface area contributed by atoms with Gasteiger partial charge in [-0.2, -0.15) is 5.10 Å². The van der Waals surface area contributed by atoms with E-state index in [4.69, 9.17) is 87.0 Å². The number of ether oxygens (including phenoxy) is 2. The number of carbonyl (C=O) groups is 4. The number of hydrogen-bond donors (Lipinski definition) is 6. The second-order valence-corrected chi connectivity index (χ2v) is 43.0. The summed E-state index contributed by atoms with van der Waals surface area (Å²) in [6.45, 7) is 34.6. The third-order valence-corrected chi connectivity index (χ3v) is 27.5. The zero-order valence-corrected chi connectivity index (χ0v) is 86.6. The number of nitrogens with zero attached hydrogens (tertiary/aromatic N) is 7. The third-order valence-electron chi connectivity index (χ3n) is 21.7. The summed E-state index contributed by atoms with van der Waals surface area (Å²) in [5.41, 5.74) is 17.0. The number of rotatable bonds is 29. The van der Waals surface area contributed by atoms with E-state index in [0.717, 1.165) is 74.0 Å². The molecule has 31 heteroatoms. The Morgan fingerprint density at radius 3 is 1.06 bits per heavy atom. The number of aromatic carboxylic acids is 2. The fourth-order valence-electron chi connectivity index (χ4n) is 13.8. The molecule has 0 fully saturated rings. The number of aromatic hydroxyl groups is 4. The highest BCUT2D eigenvalue weighted by molar-refractivity contribution is 7.81. The second kappa shape index (κ2) is 46.9. The largest absolute Gasteiger partial charge is 0.506 e. The molecule has 0 amide bonds. The molecule has 706 valence electrons. The summed E-state index contributed by atoms with van der Waals surface area (Å²) >= 11 is 39.8. The lowest BCUT2D eigenvalue weighted by molar-refractivity contribution is -0.385. The van der Waals surface area contributed by atoms with Gasteiger partial charge in [-0.15, -0.1) is 45.3 Å². The van der Waals surface area contributed by atoms with Crippen molar-refractivity contribution < 1.29 is 64.2 Å². The molecule has 0 bridgehead atoms. The number of benzene rings is 7. The molecule has 12 rings (SSSR count). The maximum atomic E-state index is 11.8. The van der Waals surface area contributed by atoms with Crippen LogP contribution in [0.3, 0.4) is 0 Å². The smallest absolute Gasteiger partial charge is 0.345 e. The molecule has 21 nitrogen and oxygen atoms in total. The van der Waals surface area contributed by atoms with Gasteiger partial charge in [-0.3, -0.25) is 34.8 Å². The summed E-state index contributed by atoms with van der Waals surface area (Å²) in [4.78, 5) is 80.9. The molecule has 0 unspecified atom stereocenters. The predicted octanol–water partition coefficient (Wildman–Crippen LogP) is 26.3. The number of aliphatic imine (C=N–C) groups is 4. The number of methoxy groups -OCH3 is 2. The number of halogens is 2. The van der Waals surface area contributed by atoms with Gasteiger partial charge in [0, 0.05) is 119 Å². The van der Waals surface area contributed by atoms with Crippen molar-refractivity contribution in [2.75, 3.05) is 40.4 Å². The number of thiocarbonyl (C=S) groups is 4. The number of nitro benzene ring substituents is 1. The monoisotopic (exact) mass is 2010 g/mol. The van der Waals surface area contributed by atoms with Crippen molar-refractivity contribution in [3.8, 4) is 65.6 Å². The van der Waals surface area contributed by atoms with E-state index in [2.05, 4.69) is 149 Å². The Labute approximate surface area is 835 Å². The van der Waals surface area contributed by atoms with Crippen molar-refractivity contribution >= 4 is 189 Å². The maximum absolute atomic E-state index is 11.8. The van der Waals surface area contributed by atoms with Crippen LogP contribution in [0, 0.1) is 10.1 Å². The average molecular weight is 2010 g/mol. The number of thiophene rings is 4. The van der Waals surface area contributed by atoms with Crippen LogP contribution in [0.1, 0.15) is 218 Å². The summed E-state index contributed by atoms with van der Waals surface area (Å²) in [5, 5.41) is 83.6. The molecule has 7 aromatic carbocycles. The Balaban J connectivity index is 0.000000202. The minimum atomic E-state index is -1.06. The van der Waals surface area contributed by atoms with Crippen LogP contribution >= 0.6 is 117 Å². The summed E-state index contributed by atoms with van der Waals surface area (Å²) < 4.78 is 10.9. The molecular formula is C104H109Cl2N7O14S8. The molecule has 5 heterocycles. The lowest BCUT2D eigenvalue weighted by Crippen LogP contribution is -2.10. The molecule has 135 heavy (non-hydrogen) atoms. The number of carbonyl (C=O) groups excluding carboxylic acids is 2. The van der Waals surface area contributed by atoms with Crippen molar-refractivity contribution in [3.63, 3.8) is 0 Å². The molecule has 0 saturated heterocycles. The van der Waals surface area contributed by atoms with Gasteiger partial charge in [0.15, 0.2) is 5.75 Å². The number of nitro groups is 1. The predicted molar refractivity (Wildman–Crippen MR) is 570 cm³/mol. The summed E-state index contributed by atoms with van der Waals surface area (Å²) in [5.74, 6) is -2.49. The highest BCUT2D eigenvalue weighted by Crippen LogP contribution is 2.44. The molecule has 5 aromatic heterocycles. The van der Waals surface area contributed by atoms with E-state index in [9.17, 15) is 49.7 Å². The Morgan fingerprint density at radius 2 is 0.741 bits per heavy atom. The fraction of sp³-hybridized carbons (Fsp3) is 0.298. The highest BCUT2D eigenvalue weighted by atomic mass is 35.5. The first-order valence-electron chi connectivity index (χ1n) is 42.7. The van der Waals surface area contributed by atoms with E-state index >= 15 is 0 Å². The molecule has 0 radical (unpaired) electrons. The van der Waals surface area contributed by atoms with Crippen molar-refractivity contribution in [1.29, 1.82) is 0 Å². The molecule has 0 aliphatic carbocycles. The number of esters is 2. The number of carboxylic acids is 2. The van der Waals surface area contributed by atoms with Gasteiger partial charge in [-0.25, -0.2) is 19.2 Å². The first kappa shape index (κ1) is 107. The van der Waals surface area contributed by atoms with E-state index < -0.39 is 28.8 Å². The molecule has 6 N–H and O–H groups in total. The van der Waals surface area contributed by atoms with Crippen molar-refractivity contribution in [1.82, 2.24) is 9.78 Å². The van der Waals surface area contributed by atoms with Gasteiger partial charge in [-0.1, -0.05) is 270 Å². The highest BCUT2D eigenvalue weighted by Gasteiger charge is 2.27. The number of aromatic nitrogens is 2. The normalized spacial score (nSPS) is 12.0. The van der Waals surface area contributed by atoms with Crippen LogP contribution < -0.4 is 0 Å². The quantitative estimate of drug-likeness (QED) is 0.00834. The maximum Gasteiger partial charge on any atom is 0.345 e. The van der Waals surface area contributed by atoms with Gasteiger partial charge in [0.05, 0.1) is 86.8 Å². The minimum absolute atomic E-state index is 0.0220. The number of carboxylic acid groups (broad SMARTS) is 2. The molecule has 0 aliphatic rings. The van der Waals surface area contributed by atoms with Crippen LogP contribution in [0.4, 0.5) is 5.69 Å². The molecule has 0 aliphatic heterocycles. The van der Waals surface area contributed by atoms with Crippen LogP contribution in [0.5, 0.6) is 23.0 Å². The Hall–Kier alpha value is -11.4. The first-order valence-corrected chi connectivity index (χ1v) is 48.5. The van der Waals surface area contributed by atoms with Crippen LogP contribution in [-0.2, 0) is 63.9 Å². The summed E-state index contributed by atoms with van der Waals surface area (Å²) in [7, 11) is 4.25. The van der Waals surface area contributed by atoms with Crippen LogP contribution in [0.25, 0.3) is 42.6 Å². The van der Waals surface area contributed by atoms with Gasteiger partial charge in [0.1, 0.15) is 39.1 Å². The minimum Gasteiger partial charge on any atom is -0.506 e. The SMILES string of the molecule is CC(=NCC(=S)Cc1ccc(C(=O)O)c(Cl)c1)c1csc(-c2ccc(C(C)(C)C)cc2)c1O.CC(=NCC(=S)Cc1ccc(C(=O)O)s1)c1csc(-c2ccc(C(C)(C)C)cc2)c1O.COC(=O)c1ccc(CC(=S)CN=C(C)c2csc(-c3ccc(C(C)(C)C)cc3)c2O)cc1Cl.COC(=O)c1ccc(CC(=S)CN=C(C)c2nn(C)c(-c3ccc(C(C)(C)C)cc3)c2O)cc1[N+](=O)[O-]. The number of aryl methyl sites for hydroxylation is 1. The van der Waals surface area contributed by atoms with Gasteiger partial charge in [-0.05, 0) is 147 Å². The standard InChI is InChI=1S/C27H28ClNO3S2.C27H30N4O5S.C26H26ClNO3S2.C24H25NO3S3/c1-16(29-14-20(33)12-17-6-11-21(23(28)13-17)26(31)32-5)22-15-34-25(24(22)30)18-7-9-19(10-8-18)27(2,3)4;1-16(23-25(32)24(30(5)29-23)18-8-10-19(11-9-18)27(2,3)4)28-15-20(37)13-17-7-12-21(26(33)36-6)22(14-17)31(34)35;1-15(28-13-19(32)11-16-5-10-20(25(30)31)22(27)12-16)21-14-33-24(23(21)29)17-6-8-18(9-7-17)26(2,3)4;1-14(25-12-17(29)11-18-9-10-20(31-18)23(27)28)19-13-30-22(21(19)26)15-5-7-16(8-6-15)24(2,3)4/h6-11,13,15,30H,12,14H2,1-5H3;7-12,14,32H,13,15H2,1-6H3;5-10,12,14,29H,11,13H2,1-4H3,(H,30,31);5-10,13,26H,11-12H2,1-4H3,(H,27,28). The lowest BCUT2D eigenvalue weighted by atomic mass is 9.86. The lowest BCUT2D eigenvalue weighted by Gasteiger charge is -2.19. The van der Waals surface area contributed by atoms with Crippen molar-refractivity contribution in [2.24, 2.45) is 27.0 Å². The molecular weight excluding hydrogens is 1900 g/mol. The van der Waals surface area contributed by atoms with Crippen LogP contribution in [0.2, 0.25) is 10.0 Å². The summed E-state index contributed by atoms with van der Waals surface area (Å²) in [6, 6.07) is 50.6. The van der Waals surface area contributed by atoms with Gasteiger partial charge < -0.3 is 40.1 Å². The zero-order valence-electron chi connectivity index (χ0n) is 78.6.